The smallest absolute Gasteiger partial charge is 0.269 e. The molecule has 2 unspecified atom stereocenters. The molecule has 9 nitrogen and oxygen atoms in total. The van der Waals surface area contributed by atoms with Crippen molar-refractivity contribution in [1.82, 2.24) is 5.32 Å². The van der Waals surface area contributed by atoms with Gasteiger partial charge in [0, 0.05) is 30.8 Å². The van der Waals surface area contributed by atoms with Gasteiger partial charge in [0.2, 0.25) is 5.91 Å². The third kappa shape index (κ3) is 2.82. The van der Waals surface area contributed by atoms with Crippen LogP contribution in [0, 0.1) is 15.5 Å². The SMILES string of the molecule is O=C1NC(=S)N(c2ccccc2)C(=O)C12Cc1cc([N+](=O)[O-])ccc1N1CCOCC12. The highest BCUT2D eigenvalue weighted by Gasteiger charge is 2.62. The number of hydrogen-bond acceptors (Lipinski definition) is 7. The van der Waals surface area contributed by atoms with Crippen LogP contribution in [-0.4, -0.2) is 47.7 Å². The maximum Gasteiger partial charge on any atom is 0.269 e. The van der Waals surface area contributed by atoms with Gasteiger partial charge in [-0.3, -0.25) is 24.6 Å². The summed E-state index contributed by atoms with van der Waals surface area (Å²) in [4.78, 5) is 41.5. The first-order valence-electron chi connectivity index (χ1n) is 9.80. The van der Waals surface area contributed by atoms with Crippen LogP contribution >= 0.6 is 12.2 Å². The number of nitrogens with one attached hydrogen (secondary N) is 1. The molecule has 0 radical (unpaired) electrons. The fourth-order valence-electron chi connectivity index (χ4n) is 4.74. The lowest BCUT2D eigenvalue weighted by Crippen LogP contribution is -2.74. The minimum absolute atomic E-state index is 0.0138. The summed E-state index contributed by atoms with van der Waals surface area (Å²) in [5.41, 5.74) is 0.298. The van der Waals surface area contributed by atoms with Crippen LogP contribution in [0.15, 0.2) is 48.5 Å². The number of fused-ring (bicyclic) bond motifs is 4. The molecular formula is C21H18N4O5S. The Bertz CT molecular complexity index is 1120. The van der Waals surface area contributed by atoms with Crippen LogP contribution in [0.4, 0.5) is 17.1 Å². The lowest BCUT2D eigenvalue weighted by molar-refractivity contribution is -0.384. The summed E-state index contributed by atoms with van der Waals surface area (Å²) in [6, 6.07) is 12.9. The maximum atomic E-state index is 14.0. The van der Waals surface area contributed by atoms with E-state index in [9.17, 15) is 19.7 Å². The van der Waals surface area contributed by atoms with Crippen molar-refractivity contribution < 1.29 is 19.2 Å². The van der Waals surface area contributed by atoms with Gasteiger partial charge in [0.25, 0.3) is 11.6 Å². The van der Waals surface area contributed by atoms with Gasteiger partial charge < -0.3 is 15.0 Å². The zero-order chi connectivity index (χ0) is 21.8. The number of anilines is 2. The lowest BCUT2D eigenvalue weighted by atomic mass is 9.68. The van der Waals surface area contributed by atoms with Crippen LogP contribution in [-0.2, 0) is 20.7 Å². The molecule has 158 valence electrons. The van der Waals surface area contributed by atoms with E-state index in [1.807, 2.05) is 11.0 Å². The summed E-state index contributed by atoms with van der Waals surface area (Å²) in [7, 11) is 0. The van der Waals surface area contributed by atoms with E-state index < -0.39 is 28.2 Å². The summed E-state index contributed by atoms with van der Waals surface area (Å²) in [6.45, 7) is 1.08. The highest BCUT2D eigenvalue weighted by molar-refractivity contribution is 7.80. The Hall–Kier alpha value is -3.37. The Morgan fingerprint density at radius 3 is 2.71 bits per heavy atom. The number of para-hydroxylation sites is 1. The lowest BCUT2D eigenvalue weighted by Gasteiger charge is -2.53. The summed E-state index contributed by atoms with van der Waals surface area (Å²) >= 11 is 5.33. The number of amides is 2. The number of benzene rings is 2. The number of carbonyl (C=O) groups excluding carboxylic acids is 2. The molecule has 1 spiro atoms. The largest absolute Gasteiger partial charge is 0.377 e. The second-order valence-electron chi connectivity index (χ2n) is 7.74. The number of carbonyl (C=O) groups is 2. The topological polar surface area (TPSA) is 105 Å². The van der Waals surface area contributed by atoms with E-state index in [1.165, 1.54) is 17.0 Å². The maximum absolute atomic E-state index is 14.0. The van der Waals surface area contributed by atoms with E-state index in [2.05, 4.69) is 5.32 Å². The molecule has 3 aliphatic heterocycles. The molecular weight excluding hydrogens is 420 g/mol. The van der Waals surface area contributed by atoms with E-state index in [0.29, 0.717) is 24.4 Å². The van der Waals surface area contributed by atoms with Crippen molar-refractivity contribution in [3.05, 3.63) is 64.2 Å². The Morgan fingerprint density at radius 1 is 1.19 bits per heavy atom. The number of rotatable bonds is 2. The first-order chi connectivity index (χ1) is 14.9. The van der Waals surface area contributed by atoms with E-state index in [4.69, 9.17) is 17.0 Å². The van der Waals surface area contributed by atoms with Crippen molar-refractivity contribution in [3.8, 4) is 0 Å². The number of non-ortho nitro benzene ring substituents is 1. The monoisotopic (exact) mass is 438 g/mol. The summed E-state index contributed by atoms with van der Waals surface area (Å²) in [5, 5.41) is 14.1. The van der Waals surface area contributed by atoms with Gasteiger partial charge in [0.05, 0.1) is 29.9 Å². The highest BCUT2D eigenvalue weighted by atomic mass is 32.1. The number of ether oxygens (including phenoxy) is 1. The molecule has 10 heteroatoms. The summed E-state index contributed by atoms with van der Waals surface area (Å²) in [6.07, 6.45) is 0.0190. The second kappa shape index (κ2) is 7.10. The number of nitrogens with zero attached hydrogens (tertiary/aromatic N) is 3. The van der Waals surface area contributed by atoms with E-state index >= 15 is 0 Å². The number of thiocarbonyl (C=S) groups is 1. The van der Waals surface area contributed by atoms with Crippen LogP contribution in [0.3, 0.4) is 0 Å². The van der Waals surface area contributed by atoms with Crippen LogP contribution in [0.25, 0.3) is 0 Å². The molecule has 31 heavy (non-hydrogen) atoms. The molecule has 5 rings (SSSR count). The van der Waals surface area contributed by atoms with Gasteiger partial charge in [0.15, 0.2) is 10.5 Å². The molecule has 2 fully saturated rings. The molecule has 3 heterocycles. The van der Waals surface area contributed by atoms with Crippen molar-refractivity contribution in [1.29, 1.82) is 0 Å². The Balaban J connectivity index is 1.68. The quantitative estimate of drug-likeness (QED) is 0.330. The van der Waals surface area contributed by atoms with Crippen LogP contribution in [0.2, 0.25) is 0 Å². The van der Waals surface area contributed by atoms with Crippen molar-refractivity contribution >= 4 is 46.2 Å². The van der Waals surface area contributed by atoms with Crippen molar-refractivity contribution in [2.75, 3.05) is 29.6 Å². The Kier molecular flexibility index (Phi) is 4.49. The zero-order valence-corrected chi connectivity index (χ0v) is 17.1. The third-order valence-electron chi connectivity index (χ3n) is 6.18. The molecule has 3 aliphatic rings. The van der Waals surface area contributed by atoms with Crippen molar-refractivity contribution in [3.63, 3.8) is 0 Å². The molecule has 0 saturated carbocycles. The third-order valence-corrected chi connectivity index (χ3v) is 6.46. The molecule has 2 atom stereocenters. The fourth-order valence-corrected chi connectivity index (χ4v) is 5.02. The molecule has 2 aromatic carbocycles. The minimum atomic E-state index is -1.53. The van der Waals surface area contributed by atoms with Gasteiger partial charge in [-0.25, -0.2) is 0 Å². The molecule has 0 aromatic heterocycles. The van der Waals surface area contributed by atoms with Crippen LogP contribution in [0.1, 0.15) is 5.56 Å². The molecule has 2 amide bonds. The van der Waals surface area contributed by atoms with Gasteiger partial charge in [-0.15, -0.1) is 0 Å². The van der Waals surface area contributed by atoms with Gasteiger partial charge in [-0.2, -0.15) is 0 Å². The standard InChI is InChI=1S/C21H18N4O5S/c26-18-21(19(27)24(20(31)22-18)14-4-2-1-3-5-14)11-13-10-15(25(28)29)6-7-16(13)23-8-9-30-12-17(21)23/h1-7,10,17H,8-9,11-12H2,(H,22,26,31). The molecule has 0 aliphatic carbocycles. The first-order valence-corrected chi connectivity index (χ1v) is 10.2. The predicted molar refractivity (Wildman–Crippen MR) is 116 cm³/mol. The van der Waals surface area contributed by atoms with E-state index in [0.717, 1.165) is 5.69 Å². The van der Waals surface area contributed by atoms with Crippen LogP contribution in [0.5, 0.6) is 0 Å². The average Bonchev–Trinajstić information content (AvgIpc) is 2.78. The summed E-state index contributed by atoms with van der Waals surface area (Å²) < 4.78 is 5.67. The number of morpholine rings is 1. The second-order valence-corrected chi connectivity index (χ2v) is 8.12. The van der Waals surface area contributed by atoms with Gasteiger partial charge in [-0.1, -0.05) is 18.2 Å². The zero-order valence-electron chi connectivity index (χ0n) is 16.3. The van der Waals surface area contributed by atoms with Gasteiger partial charge >= 0.3 is 0 Å². The van der Waals surface area contributed by atoms with Crippen molar-refractivity contribution in [2.45, 2.75) is 12.5 Å². The summed E-state index contributed by atoms with van der Waals surface area (Å²) in [5.74, 6) is -0.961. The highest BCUT2D eigenvalue weighted by Crippen LogP contribution is 2.46. The molecule has 0 bridgehead atoms. The Labute approximate surface area is 182 Å². The molecule has 1 N–H and O–H groups in total. The normalized spacial score (nSPS) is 25.2. The fraction of sp³-hybridized carbons (Fsp3) is 0.286. The number of hydrogen-bond donors (Lipinski definition) is 1. The predicted octanol–water partition coefficient (Wildman–Crippen LogP) is 1.79. The number of nitro groups is 1. The van der Waals surface area contributed by atoms with Crippen molar-refractivity contribution in [2.24, 2.45) is 5.41 Å². The minimum Gasteiger partial charge on any atom is -0.377 e. The van der Waals surface area contributed by atoms with Gasteiger partial charge in [0.1, 0.15) is 0 Å². The Morgan fingerprint density at radius 2 is 1.97 bits per heavy atom. The van der Waals surface area contributed by atoms with E-state index in [-0.39, 0.29) is 23.8 Å². The first kappa shape index (κ1) is 19.6. The van der Waals surface area contributed by atoms with E-state index in [1.54, 1.807) is 30.3 Å². The molecule has 2 saturated heterocycles. The molecule has 2 aromatic rings. The van der Waals surface area contributed by atoms with Gasteiger partial charge in [-0.05, 0) is 36.0 Å². The average molecular weight is 438 g/mol. The number of nitro benzene ring substituents is 1. The van der Waals surface area contributed by atoms with Crippen LogP contribution < -0.4 is 15.1 Å².